The molecule has 7 heteroatoms. The van der Waals surface area contributed by atoms with Gasteiger partial charge in [-0.1, -0.05) is 0 Å². The van der Waals surface area contributed by atoms with Gasteiger partial charge < -0.3 is 0 Å². The summed E-state index contributed by atoms with van der Waals surface area (Å²) >= 11 is 0. The quantitative estimate of drug-likeness (QED) is 0.650. The van der Waals surface area contributed by atoms with Gasteiger partial charge in [0.1, 0.15) is 0 Å². The van der Waals surface area contributed by atoms with Crippen LogP contribution in [0.1, 0.15) is 24.0 Å². The number of hydrogen-bond acceptors (Lipinski definition) is 4. The summed E-state index contributed by atoms with van der Waals surface area (Å²) in [7, 11) is 0. The highest BCUT2D eigenvalue weighted by Gasteiger charge is 2.12. The first kappa shape index (κ1) is 9.69. The van der Waals surface area contributed by atoms with Crippen molar-refractivity contribution in [3.8, 4) is 0 Å². The molecule has 1 rings (SSSR count). The Labute approximate surface area is 72.7 Å². The number of Topliss-reactive ketones (excluding diaryl/α,β-unsaturated/α-hetero) is 1. The molecule has 0 N–H and O–H groups in total. The van der Waals surface area contributed by atoms with E-state index in [1.807, 2.05) is 0 Å². The fraction of sp³-hybridized carbons (Fsp3) is 0.667. The van der Waals surface area contributed by atoms with Gasteiger partial charge in [0.2, 0.25) is 12.2 Å². The predicted octanol–water partition coefficient (Wildman–Crippen LogP) is 0.531. The molecular weight excluding hydrogens is 182 g/mol. The summed E-state index contributed by atoms with van der Waals surface area (Å²) in [6.45, 7) is 1.24. The zero-order valence-electron chi connectivity index (χ0n) is 6.94. The van der Waals surface area contributed by atoms with Crippen molar-refractivity contribution < 1.29 is 13.6 Å². The number of carbonyl (C=O) groups excluding carboxylic acids is 1. The lowest BCUT2D eigenvalue weighted by Gasteiger charge is -2.00. The predicted molar refractivity (Wildman–Crippen MR) is 38.4 cm³/mol. The van der Waals surface area contributed by atoms with Gasteiger partial charge in [-0.25, -0.2) is 13.5 Å². The first-order valence-electron chi connectivity index (χ1n) is 3.66. The van der Waals surface area contributed by atoms with Crippen molar-refractivity contribution in [3.05, 3.63) is 5.82 Å². The van der Waals surface area contributed by atoms with E-state index in [1.165, 1.54) is 6.92 Å². The van der Waals surface area contributed by atoms with E-state index >= 15 is 0 Å². The molecule has 0 radical (unpaired) electrons. The lowest BCUT2D eigenvalue weighted by Crippen LogP contribution is -2.11. The standard InChI is InChI=1S/C6H8F2N4O/c1-4(13)6-9-10-11-12(6)3-2-5(7)8/h5H,2-3H2,1H3. The summed E-state index contributed by atoms with van der Waals surface area (Å²) in [6.07, 6.45) is -2.77. The maximum atomic E-state index is 11.8. The fourth-order valence-corrected chi connectivity index (χ4v) is 0.827. The summed E-state index contributed by atoms with van der Waals surface area (Å²) in [6, 6.07) is 0. The van der Waals surface area contributed by atoms with Crippen molar-refractivity contribution >= 4 is 5.78 Å². The molecule has 0 saturated carbocycles. The van der Waals surface area contributed by atoms with E-state index in [-0.39, 0.29) is 24.6 Å². The third-order valence-electron chi connectivity index (χ3n) is 1.41. The number of aromatic nitrogens is 4. The number of hydrogen-bond donors (Lipinski definition) is 0. The minimum atomic E-state index is -2.41. The smallest absolute Gasteiger partial charge is 0.240 e. The topological polar surface area (TPSA) is 60.7 Å². The molecule has 0 aromatic carbocycles. The van der Waals surface area contributed by atoms with Gasteiger partial charge in [-0.3, -0.25) is 4.79 Å². The Hall–Kier alpha value is -1.40. The Kier molecular flexibility index (Phi) is 2.99. The average Bonchev–Trinajstić information content (AvgIpc) is 2.47. The normalized spacial score (nSPS) is 10.8. The van der Waals surface area contributed by atoms with Gasteiger partial charge in [-0.05, 0) is 10.4 Å². The monoisotopic (exact) mass is 190 g/mol. The van der Waals surface area contributed by atoms with E-state index in [9.17, 15) is 13.6 Å². The lowest BCUT2D eigenvalue weighted by molar-refractivity contribution is 0.0989. The van der Waals surface area contributed by atoms with Crippen LogP contribution in [0.5, 0.6) is 0 Å². The Morgan fingerprint density at radius 2 is 2.31 bits per heavy atom. The molecule has 0 spiro atoms. The van der Waals surface area contributed by atoms with Crippen molar-refractivity contribution in [1.29, 1.82) is 0 Å². The van der Waals surface area contributed by atoms with Crippen molar-refractivity contribution in [2.24, 2.45) is 0 Å². The minimum Gasteiger partial charge on any atom is -0.291 e. The van der Waals surface area contributed by atoms with Gasteiger partial charge in [0, 0.05) is 13.3 Å². The lowest BCUT2D eigenvalue weighted by atomic mass is 10.4. The number of aryl methyl sites for hydroxylation is 1. The minimum absolute atomic E-state index is 0.0145. The van der Waals surface area contributed by atoms with Crippen LogP contribution >= 0.6 is 0 Å². The van der Waals surface area contributed by atoms with Crippen LogP contribution < -0.4 is 0 Å². The number of tetrazole rings is 1. The van der Waals surface area contributed by atoms with Crippen LogP contribution in [-0.2, 0) is 6.54 Å². The highest BCUT2D eigenvalue weighted by atomic mass is 19.3. The SMILES string of the molecule is CC(=O)c1nnnn1CCC(F)F. The van der Waals surface area contributed by atoms with Crippen molar-refractivity contribution in [1.82, 2.24) is 20.2 Å². The van der Waals surface area contributed by atoms with Gasteiger partial charge >= 0.3 is 0 Å². The molecule has 0 saturated heterocycles. The summed E-state index contributed by atoms with van der Waals surface area (Å²) < 4.78 is 24.7. The molecule has 1 heterocycles. The molecule has 0 aliphatic carbocycles. The van der Waals surface area contributed by atoms with E-state index in [0.717, 1.165) is 4.68 Å². The molecule has 0 unspecified atom stereocenters. The average molecular weight is 190 g/mol. The molecule has 5 nitrogen and oxygen atoms in total. The molecule has 0 bridgehead atoms. The third kappa shape index (κ3) is 2.53. The largest absolute Gasteiger partial charge is 0.291 e. The molecule has 0 aliphatic rings. The van der Waals surface area contributed by atoms with Crippen molar-refractivity contribution in [2.45, 2.75) is 26.3 Å². The Morgan fingerprint density at radius 3 is 2.85 bits per heavy atom. The molecule has 0 amide bonds. The summed E-state index contributed by atoms with van der Waals surface area (Å²) in [5, 5.41) is 10.0. The van der Waals surface area contributed by atoms with Crippen molar-refractivity contribution in [3.63, 3.8) is 0 Å². The Bertz CT molecular complexity index is 299. The summed E-state index contributed by atoms with van der Waals surface area (Å²) in [4.78, 5) is 10.8. The van der Waals surface area contributed by atoms with Gasteiger partial charge in [-0.2, -0.15) is 0 Å². The third-order valence-corrected chi connectivity index (χ3v) is 1.41. The number of rotatable bonds is 4. The fourth-order valence-electron chi connectivity index (χ4n) is 0.827. The van der Waals surface area contributed by atoms with Gasteiger partial charge in [-0.15, -0.1) is 5.10 Å². The zero-order valence-corrected chi connectivity index (χ0v) is 6.94. The summed E-state index contributed by atoms with van der Waals surface area (Å²) in [5.41, 5.74) is 0. The first-order valence-corrected chi connectivity index (χ1v) is 3.66. The van der Waals surface area contributed by atoms with E-state index in [4.69, 9.17) is 0 Å². The molecular formula is C6H8F2N4O. The van der Waals surface area contributed by atoms with Gasteiger partial charge in [0.15, 0.2) is 5.78 Å². The second-order valence-electron chi connectivity index (χ2n) is 2.46. The molecule has 13 heavy (non-hydrogen) atoms. The number of nitrogens with zero attached hydrogens (tertiary/aromatic N) is 4. The maximum Gasteiger partial charge on any atom is 0.240 e. The van der Waals surface area contributed by atoms with Crippen LogP contribution in [0.25, 0.3) is 0 Å². The Balaban J connectivity index is 2.65. The summed E-state index contributed by atoms with van der Waals surface area (Å²) in [5.74, 6) is -0.320. The molecule has 1 aromatic rings. The second-order valence-corrected chi connectivity index (χ2v) is 2.46. The van der Waals surface area contributed by atoms with Crippen LogP contribution in [0.15, 0.2) is 0 Å². The number of ketones is 1. The number of carbonyl (C=O) groups is 1. The molecule has 0 aliphatic heterocycles. The highest BCUT2D eigenvalue weighted by Crippen LogP contribution is 2.02. The second kappa shape index (κ2) is 4.01. The molecule has 0 atom stereocenters. The molecule has 0 fully saturated rings. The molecule has 72 valence electrons. The highest BCUT2D eigenvalue weighted by molar-refractivity contribution is 5.90. The van der Waals surface area contributed by atoms with Gasteiger partial charge in [0.05, 0.1) is 6.54 Å². The van der Waals surface area contributed by atoms with Crippen LogP contribution in [0.3, 0.4) is 0 Å². The van der Waals surface area contributed by atoms with E-state index in [2.05, 4.69) is 15.5 Å². The zero-order chi connectivity index (χ0) is 9.84. The Morgan fingerprint density at radius 1 is 1.62 bits per heavy atom. The van der Waals surface area contributed by atoms with Crippen LogP contribution in [0, 0.1) is 0 Å². The van der Waals surface area contributed by atoms with E-state index in [1.54, 1.807) is 0 Å². The van der Waals surface area contributed by atoms with Gasteiger partial charge in [0.25, 0.3) is 0 Å². The maximum absolute atomic E-state index is 11.8. The molecule has 1 aromatic heterocycles. The first-order chi connectivity index (χ1) is 6.11. The van der Waals surface area contributed by atoms with Crippen LogP contribution in [-0.4, -0.2) is 32.4 Å². The van der Waals surface area contributed by atoms with E-state index in [0.29, 0.717) is 0 Å². The number of halogens is 2. The van der Waals surface area contributed by atoms with E-state index < -0.39 is 6.43 Å². The van der Waals surface area contributed by atoms with Crippen LogP contribution in [0.4, 0.5) is 8.78 Å². The van der Waals surface area contributed by atoms with Crippen molar-refractivity contribution in [2.75, 3.05) is 0 Å². The number of alkyl halides is 2. The van der Waals surface area contributed by atoms with Crippen LogP contribution in [0.2, 0.25) is 0 Å².